The molecule has 0 spiro atoms. The van der Waals surface area contributed by atoms with Gasteiger partial charge in [0.1, 0.15) is 17.5 Å². The summed E-state index contributed by atoms with van der Waals surface area (Å²) >= 11 is 0.980. The minimum absolute atomic E-state index is 0.213. The number of rotatable bonds is 3. The second-order valence-corrected chi connectivity index (χ2v) is 4.91. The summed E-state index contributed by atoms with van der Waals surface area (Å²) in [5.74, 6) is -0.0251. The Morgan fingerprint density at radius 3 is 2.47 bits per heavy atom. The molecule has 19 heavy (non-hydrogen) atoms. The third kappa shape index (κ3) is 3.12. The van der Waals surface area contributed by atoms with E-state index in [1.165, 1.54) is 18.2 Å². The Kier molecular flexibility index (Phi) is 3.87. The summed E-state index contributed by atoms with van der Waals surface area (Å²) in [5, 5.41) is 9.89. The fourth-order valence-electron chi connectivity index (χ4n) is 1.56. The third-order valence-corrected chi connectivity index (χ3v) is 3.39. The number of aromatic nitrogens is 2. The van der Waals surface area contributed by atoms with Crippen LogP contribution in [-0.4, -0.2) is 15.1 Å². The summed E-state index contributed by atoms with van der Waals surface area (Å²) in [6, 6.07) is 5.91. The first-order valence-electron chi connectivity index (χ1n) is 5.51. The second kappa shape index (κ2) is 5.41. The van der Waals surface area contributed by atoms with E-state index in [0.717, 1.165) is 11.8 Å². The average molecular weight is 280 g/mol. The zero-order valence-electron chi connectivity index (χ0n) is 10.2. The maximum Gasteiger partial charge on any atom is 0.196 e. The van der Waals surface area contributed by atoms with Crippen molar-refractivity contribution in [2.75, 3.05) is 11.5 Å². The number of anilines is 2. The molecule has 2 rings (SSSR count). The molecule has 0 aliphatic heterocycles. The summed E-state index contributed by atoms with van der Waals surface area (Å²) in [5.41, 5.74) is 11.6. The first-order valence-corrected chi connectivity index (χ1v) is 6.33. The predicted octanol–water partition coefficient (Wildman–Crippen LogP) is 1.98. The highest BCUT2D eigenvalue weighted by atomic mass is 32.2. The van der Waals surface area contributed by atoms with Gasteiger partial charge in [0.15, 0.2) is 5.16 Å². The van der Waals surface area contributed by atoms with Gasteiger partial charge in [-0.05, 0) is 30.3 Å². The lowest BCUT2D eigenvalue weighted by Gasteiger charge is -2.11. The lowest BCUT2D eigenvalue weighted by atomic mass is 10.1. The van der Waals surface area contributed by atoms with Gasteiger partial charge in [-0.3, -0.25) is 0 Å². The number of nitrogen functional groups attached to an aromatic ring is 2. The van der Waals surface area contributed by atoms with E-state index >= 15 is 0 Å². The quantitative estimate of drug-likeness (QED) is 0.744. The first-order chi connectivity index (χ1) is 8.97. The fraction of sp³-hybridized carbons (Fsp3) is 0.167. The minimum atomic E-state index is -0.795. The zero-order chi connectivity index (χ0) is 14.0. The summed E-state index contributed by atoms with van der Waals surface area (Å²) in [6.45, 7) is 1.56. The number of aliphatic hydroxyl groups is 1. The monoisotopic (exact) mass is 280 g/mol. The Labute approximate surface area is 113 Å². The van der Waals surface area contributed by atoms with Gasteiger partial charge in [0.25, 0.3) is 0 Å². The van der Waals surface area contributed by atoms with Crippen LogP contribution in [0.1, 0.15) is 18.6 Å². The maximum absolute atomic E-state index is 13.8. The summed E-state index contributed by atoms with van der Waals surface area (Å²) in [4.78, 5) is 8.21. The molecule has 5 N–H and O–H groups in total. The molecular weight excluding hydrogens is 267 g/mol. The average Bonchev–Trinajstić information content (AvgIpc) is 2.30. The van der Waals surface area contributed by atoms with Crippen molar-refractivity contribution in [3.8, 4) is 0 Å². The maximum atomic E-state index is 13.8. The molecule has 7 heteroatoms. The van der Waals surface area contributed by atoms with Crippen LogP contribution in [0.4, 0.5) is 16.0 Å². The standard InChI is InChI=1S/C12H13FN4OS/c1-6(18)7-3-2-4-8(13)11(7)19-12-16-9(14)5-10(15)17-12/h2-6,18H,1H3,(H4,14,15,16,17)/t6-/m1/s1. The van der Waals surface area contributed by atoms with Crippen LogP contribution in [-0.2, 0) is 0 Å². The molecule has 100 valence electrons. The van der Waals surface area contributed by atoms with Gasteiger partial charge in [-0.25, -0.2) is 14.4 Å². The molecule has 2 aromatic rings. The van der Waals surface area contributed by atoms with Gasteiger partial charge in [0.05, 0.1) is 11.0 Å². The van der Waals surface area contributed by atoms with Crippen molar-refractivity contribution in [2.24, 2.45) is 0 Å². The minimum Gasteiger partial charge on any atom is -0.389 e. The van der Waals surface area contributed by atoms with Gasteiger partial charge in [0, 0.05) is 6.07 Å². The highest BCUT2D eigenvalue weighted by molar-refractivity contribution is 7.99. The van der Waals surface area contributed by atoms with Crippen LogP contribution in [0, 0.1) is 5.82 Å². The van der Waals surface area contributed by atoms with Crippen LogP contribution >= 0.6 is 11.8 Å². The van der Waals surface area contributed by atoms with Crippen LogP contribution in [0.2, 0.25) is 0 Å². The van der Waals surface area contributed by atoms with Crippen molar-refractivity contribution >= 4 is 23.4 Å². The number of benzene rings is 1. The van der Waals surface area contributed by atoms with E-state index in [0.29, 0.717) is 5.56 Å². The van der Waals surface area contributed by atoms with Crippen LogP contribution in [0.5, 0.6) is 0 Å². The Balaban J connectivity index is 2.42. The third-order valence-electron chi connectivity index (χ3n) is 2.39. The van der Waals surface area contributed by atoms with Crippen LogP contribution in [0.25, 0.3) is 0 Å². The predicted molar refractivity (Wildman–Crippen MR) is 72.0 cm³/mol. The molecule has 0 aliphatic rings. The number of aliphatic hydroxyl groups excluding tert-OH is 1. The van der Waals surface area contributed by atoms with Crippen molar-refractivity contribution < 1.29 is 9.50 Å². The SMILES string of the molecule is C[C@@H](O)c1cccc(F)c1Sc1nc(N)cc(N)n1. The summed E-state index contributed by atoms with van der Waals surface area (Å²) in [6.07, 6.45) is -0.795. The molecule has 0 fully saturated rings. The van der Waals surface area contributed by atoms with E-state index in [2.05, 4.69) is 9.97 Å². The molecule has 1 heterocycles. The molecule has 0 saturated carbocycles. The Hall–Kier alpha value is -1.86. The van der Waals surface area contributed by atoms with Crippen molar-refractivity contribution in [1.29, 1.82) is 0 Å². The second-order valence-electron chi connectivity index (χ2n) is 3.94. The zero-order valence-corrected chi connectivity index (χ0v) is 11.0. The van der Waals surface area contributed by atoms with Gasteiger partial charge in [0.2, 0.25) is 0 Å². The lowest BCUT2D eigenvalue weighted by molar-refractivity contribution is 0.195. The number of nitrogens with two attached hydrogens (primary N) is 2. The number of halogens is 1. The Morgan fingerprint density at radius 2 is 1.89 bits per heavy atom. The normalized spacial score (nSPS) is 12.4. The molecule has 1 aromatic heterocycles. The molecule has 1 aromatic carbocycles. The van der Waals surface area contributed by atoms with E-state index < -0.39 is 11.9 Å². The molecular formula is C12H13FN4OS. The molecule has 0 radical (unpaired) electrons. The highest BCUT2D eigenvalue weighted by Crippen LogP contribution is 2.34. The largest absolute Gasteiger partial charge is 0.389 e. The lowest BCUT2D eigenvalue weighted by Crippen LogP contribution is -2.01. The molecule has 1 atom stereocenters. The number of nitrogens with zero attached hydrogens (tertiary/aromatic N) is 2. The summed E-state index contributed by atoms with van der Waals surface area (Å²) < 4.78 is 13.8. The van der Waals surface area contributed by atoms with Crippen molar-refractivity contribution in [1.82, 2.24) is 9.97 Å². The smallest absolute Gasteiger partial charge is 0.196 e. The van der Waals surface area contributed by atoms with E-state index in [9.17, 15) is 9.50 Å². The van der Waals surface area contributed by atoms with Crippen molar-refractivity contribution in [3.05, 3.63) is 35.6 Å². The molecule has 0 amide bonds. The molecule has 0 saturated heterocycles. The van der Waals surface area contributed by atoms with Gasteiger partial charge in [-0.15, -0.1) is 0 Å². The van der Waals surface area contributed by atoms with Gasteiger partial charge in [-0.1, -0.05) is 12.1 Å². The summed E-state index contributed by atoms with van der Waals surface area (Å²) in [7, 11) is 0. The number of hydrogen-bond acceptors (Lipinski definition) is 6. The van der Waals surface area contributed by atoms with E-state index in [1.807, 2.05) is 0 Å². The number of hydrogen-bond donors (Lipinski definition) is 3. The first kappa shape index (κ1) is 13.6. The van der Waals surface area contributed by atoms with Gasteiger partial charge >= 0.3 is 0 Å². The molecule has 0 bridgehead atoms. The van der Waals surface area contributed by atoms with Crippen molar-refractivity contribution in [2.45, 2.75) is 23.1 Å². The van der Waals surface area contributed by atoms with E-state index in [1.54, 1.807) is 13.0 Å². The van der Waals surface area contributed by atoms with Crippen LogP contribution < -0.4 is 11.5 Å². The molecule has 0 aliphatic carbocycles. The van der Waals surface area contributed by atoms with Gasteiger partial charge in [-0.2, -0.15) is 0 Å². The fourth-order valence-corrected chi connectivity index (χ4v) is 2.57. The molecule has 5 nitrogen and oxygen atoms in total. The van der Waals surface area contributed by atoms with E-state index in [4.69, 9.17) is 11.5 Å². The topological polar surface area (TPSA) is 98.0 Å². The van der Waals surface area contributed by atoms with Crippen LogP contribution in [0.3, 0.4) is 0 Å². The highest BCUT2D eigenvalue weighted by Gasteiger charge is 2.15. The van der Waals surface area contributed by atoms with Crippen LogP contribution in [0.15, 0.2) is 34.3 Å². The Morgan fingerprint density at radius 1 is 1.26 bits per heavy atom. The van der Waals surface area contributed by atoms with Gasteiger partial charge < -0.3 is 16.6 Å². The molecule has 0 unspecified atom stereocenters. The van der Waals surface area contributed by atoms with Crippen molar-refractivity contribution in [3.63, 3.8) is 0 Å². The Bertz CT molecular complexity index is 586. The van der Waals surface area contributed by atoms with E-state index in [-0.39, 0.29) is 21.7 Å².